The quantitative estimate of drug-likeness (QED) is 0.856. The topological polar surface area (TPSA) is 58.6 Å². The van der Waals surface area contributed by atoms with E-state index in [4.69, 9.17) is 4.74 Å². The number of carbonyl (C=O) groups excluding carboxylic acids is 1. The number of rotatable bonds is 4. The predicted octanol–water partition coefficient (Wildman–Crippen LogP) is 1.51. The fourth-order valence-electron chi connectivity index (χ4n) is 2.59. The summed E-state index contributed by atoms with van der Waals surface area (Å²) in [5.74, 6) is 0.433. The molecule has 0 N–H and O–H groups in total. The van der Waals surface area contributed by atoms with Crippen LogP contribution in [0.1, 0.15) is 5.69 Å². The number of ether oxygens (including phenoxy) is 1. The molecule has 120 valence electrons. The van der Waals surface area contributed by atoms with Crippen LogP contribution in [0, 0.1) is 6.92 Å². The zero-order valence-electron chi connectivity index (χ0n) is 13.2. The Balaban J connectivity index is 1.48. The SMILES string of the molecule is Cc1cc(OCC(=O)N2CCN(c3ccccc3)CC2)ncn1. The van der Waals surface area contributed by atoms with Crippen LogP contribution in [0.4, 0.5) is 5.69 Å². The maximum absolute atomic E-state index is 12.2. The molecule has 1 fully saturated rings. The standard InChI is InChI=1S/C17H20N4O2/c1-14-11-16(19-13-18-14)23-12-17(22)21-9-7-20(8-10-21)15-5-3-2-4-6-15/h2-6,11,13H,7-10,12H2,1H3. The highest BCUT2D eigenvalue weighted by Crippen LogP contribution is 2.15. The second-order valence-electron chi connectivity index (χ2n) is 5.49. The van der Waals surface area contributed by atoms with Gasteiger partial charge >= 0.3 is 0 Å². The molecule has 1 aromatic heterocycles. The molecule has 1 aromatic carbocycles. The number of aromatic nitrogens is 2. The molecule has 0 unspecified atom stereocenters. The highest BCUT2D eigenvalue weighted by atomic mass is 16.5. The number of hydrogen-bond acceptors (Lipinski definition) is 5. The van der Waals surface area contributed by atoms with Gasteiger partial charge in [0, 0.05) is 43.6 Å². The van der Waals surface area contributed by atoms with Crippen LogP contribution in [0.2, 0.25) is 0 Å². The van der Waals surface area contributed by atoms with Crippen molar-refractivity contribution in [2.45, 2.75) is 6.92 Å². The van der Waals surface area contributed by atoms with Gasteiger partial charge in [-0.1, -0.05) is 18.2 Å². The van der Waals surface area contributed by atoms with Gasteiger partial charge in [0.1, 0.15) is 6.33 Å². The normalized spacial score (nSPS) is 14.7. The van der Waals surface area contributed by atoms with Crippen LogP contribution in [0.15, 0.2) is 42.7 Å². The van der Waals surface area contributed by atoms with Crippen LogP contribution in [-0.4, -0.2) is 53.6 Å². The van der Waals surface area contributed by atoms with Crippen LogP contribution < -0.4 is 9.64 Å². The van der Waals surface area contributed by atoms with Crippen LogP contribution in [-0.2, 0) is 4.79 Å². The van der Waals surface area contributed by atoms with Crippen molar-refractivity contribution < 1.29 is 9.53 Å². The number of aryl methyl sites for hydroxylation is 1. The molecule has 1 aliphatic heterocycles. The number of nitrogens with zero attached hydrogens (tertiary/aromatic N) is 4. The molecule has 3 rings (SSSR count). The lowest BCUT2D eigenvalue weighted by Crippen LogP contribution is -2.50. The summed E-state index contributed by atoms with van der Waals surface area (Å²) in [6, 6.07) is 12.0. The average Bonchev–Trinajstić information content (AvgIpc) is 2.61. The van der Waals surface area contributed by atoms with E-state index in [1.165, 1.54) is 12.0 Å². The first kappa shape index (κ1) is 15.3. The summed E-state index contributed by atoms with van der Waals surface area (Å²) < 4.78 is 5.46. The third-order valence-electron chi connectivity index (χ3n) is 3.88. The van der Waals surface area contributed by atoms with E-state index >= 15 is 0 Å². The van der Waals surface area contributed by atoms with E-state index in [-0.39, 0.29) is 12.5 Å². The number of hydrogen-bond donors (Lipinski definition) is 0. The number of benzene rings is 1. The Morgan fingerprint density at radius 2 is 1.87 bits per heavy atom. The highest BCUT2D eigenvalue weighted by molar-refractivity contribution is 5.78. The van der Waals surface area contributed by atoms with Crippen molar-refractivity contribution in [3.8, 4) is 5.88 Å². The predicted molar refractivity (Wildman–Crippen MR) is 87.5 cm³/mol. The maximum atomic E-state index is 12.2. The summed E-state index contributed by atoms with van der Waals surface area (Å²) in [6.07, 6.45) is 1.44. The van der Waals surface area contributed by atoms with E-state index in [0.29, 0.717) is 19.0 Å². The minimum absolute atomic E-state index is 0.00558. The van der Waals surface area contributed by atoms with Gasteiger partial charge in [-0.05, 0) is 19.1 Å². The molecule has 0 aliphatic carbocycles. The summed E-state index contributed by atoms with van der Waals surface area (Å²) in [7, 11) is 0. The number of carbonyl (C=O) groups is 1. The number of para-hydroxylation sites is 1. The molecule has 6 nitrogen and oxygen atoms in total. The van der Waals surface area contributed by atoms with Gasteiger partial charge in [-0.3, -0.25) is 4.79 Å². The smallest absolute Gasteiger partial charge is 0.260 e. The van der Waals surface area contributed by atoms with E-state index in [0.717, 1.165) is 18.8 Å². The second-order valence-corrected chi connectivity index (χ2v) is 5.49. The third-order valence-corrected chi connectivity index (χ3v) is 3.88. The molecule has 0 saturated carbocycles. The molecule has 1 saturated heterocycles. The van der Waals surface area contributed by atoms with E-state index in [2.05, 4.69) is 27.0 Å². The Morgan fingerprint density at radius 1 is 1.13 bits per heavy atom. The molecule has 0 radical (unpaired) electrons. The average molecular weight is 312 g/mol. The van der Waals surface area contributed by atoms with Crippen LogP contribution in [0.3, 0.4) is 0 Å². The van der Waals surface area contributed by atoms with Crippen LogP contribution >= 0.6 is 0 Å². The van der Waals surface area contributed by atoms with Gasteiger partial charge in [0.05, 0.1) is 0 Å². The molecule has 2 heterocycles. The number of anilines is 1. The van der Waals surface area contributed by atoms with Crippen molar-refractivity contribution in [1.29, 1.82) is 0 Å². The van der Waals surface area contributed by atoms with Gasteiger partial charge in [0.15, 0.2) is 6.61 Å². The minimum atomic E-state index is -0.00558. The molecule has 2 aromatic rings. The molecule has 0 spiro atoms. The Kier molecular flexibility index (Phi) is 4.71. The number of amides is 1. The molecule has 1 aliphatic rings. The summed E-state index contributed by atoms with van der Waals surface area (Å²) >= 11 is 0. The molecule has 23 heavy (non-hydrogen) atoms. The van der Waals surface area contributed by atoms with E-state index in [9.17, 15) is 4.79 Å². The van der Waals surface area contributed by atoms with E-state index < -0.39 is 0 Å². The van der Waals surface area contributed by atoms with Crippen molar-refractivity contribution in [2.75, 3.05) is 37.7 Å². The Morgan fingerprint density at radius 3 is 2.57 bits per heavy atom. The molecule has 1 amide bonds. The van der Waals surface area contributed by atoms with E-state index in [1.54, 1.807) is 6.07 Å². The van der Waals surface area contributed by atoms with Crippen molar-refractivity contribution in [2.24, 2.45) is 0 Å². The minimum Gasteiger partial charge on any atom is -0.467 e. The summed E-state index contributed by atoms with van der Waals surface area (Å²) in [4.78, 5) is 24.4. The van der Waals surface area contributed by atoms with Gasteiger partial charge in [-0.15, -0.1) is 0 Å². The van der Waals surface area contributed by atoms with Crippen LogP contribution in [0.25, 0.3) is 0 Å². The molecule has 6 heteroatoms. The monoisotopic (exact) mass is 312 g/mol. The second kappa shape index (κ2) is 7.09. The van der Waals surface area contributed by atoms with Crippen molar-refractivity contribution in [3.05, 3.63) is 48.4 Å². The first-order chi connectivity index (χ1) is 11.2. The van der Waals surface area contributed by atoms with Gasteiger partial charge in [0.2, 0.25) is 5.88 Å². The Labute approximate surface area is 135 Å². The Hall–Kier alpha value is -2.63. The fraction of sp³-hybridized carbons (Fsp3) is 0.353. The fourth-order valence-corrected chi connectivity index (χ4v) is 2.59. The third kappa shape index (κ3) is 3.97. The largest absolute Gasteiger partial charge is 0.467 e. The lowest BCUT2D eigenvalue weighted by atomic mass is 10.2. The van der Waals surface area contributed by atoms with Crippen molar-refractivity contribution in [1.82, 2.24) is 14.9 Å². The number of piperazine rings is 1. The van der Waals surface area contributed by atoms with Gasteiger partial charge in [-0.2, -0.15) is 0 Å². The van der Waals surface area contributed by atoms with Gasteiger partial charge in [0.25, 0.3) is 5.91 Å². The summed E-state index contributed by atoms with van der Waals surface area (Å²) in [5.41, 5.74) is 2.02. The highest BCUT2D eigenvalue weighted by Gasteiger charge is 2.21. The summed E-state index contributed by atoms with van der Waals surface area (Å²) in [5, 5.41) is 0. The molecule has 0 atom stereocenters. The van der Waals surface area contributed by atoms with Crippen molar-refractivity contribution >= 4 is 11.6 Å². The van der Waals surface area contributed by atoms with Gasteiger partial charge in [-0.25, -0.2) is 9.97 Å². The van der Waals surface area contributed by atoms with E-state index in [1.807, 2.05) is 30.0 Å². The molecule has 0 bridgehead atoms. The maximum Gasteiger partial charge on any atom is 0.260 e. The van der Waals surface area contributed by atoms with Gasteiger partial charge < -0.3 is 14.5 Å². The molecular weight excluding hydrogens is 292 g/mol. The molecular formula is C17H20N4O2. The first-order valence-corrected chi connectivity index (χ1v) is 7.71. The summed E-state index contributed by atoms with van der Waals surface area (Å²) in [6.45, 7) is 4.96. The Bertz CT molecular complexity index is 655. The lowest BCUT2D eigenvalue weighted by molar-refractivity contribution is -0.133. The lowest BCUT2D eigenvalue weighted by Gasteiger charge is -2.36. The van der Waals surface area contributed by atoms with Crippen LogP contribution in [0.5, 0.6) is 5.88 Å². The first-order valence-electron chi connectivity index (χ1n) is 7.71. The zero-order valence-corrected chi connectivity index (χ0v) is 13.2. The van der Waals surface area contributed by atoms with Crippen molar-refractivity contribution in [3.63, 3.8) is 0 Å². The zero-order chi connectivity index (χ0) is 16.1.